The fourth-order valence-corrected chi connectivity index (χ4v) is 3.59. The van der Waals surface area contributed by atoms with Crippen molar-refractivity contribution < 1.29 is 9.47 Å². The van der Waals surface area contributed by atoms with Crippen molar-refractivity contribution in [1.82, 2.24) is 4.90 Å². The topological polar surface area (TPSA) is 47.7 Å². The van der Waals surface area contributed by atoms with Crippen molar-refractivity contribution in [3.63, 3.8) is 0 Å². The molecular weight excluding hydrogens is 323 g/mol. The summed E-state index contributed by atoms with van der Waals surface area (Å²) in [5.41, 5.74) is 7.30. The van der Waals surface area contributed by atoms with E-state index in [0.717, 1.165) is 24.4 Å². The summed E-state index contributed by atoms with van der Waals surface area (Å²) in [6.45, 7) is 5.20. The van der Waals surface area contributed by atoms with Crippen molar-refractivity contribution in [2.75, 3.05) is 19.8 Å². The maximum atomic E-state index is 6.32. The number of nitrogens with two attached hydrogens (primary N) is 1. The zero-order chi connectivity index (χ0) is 14.8. The van der Waals surface area contributed by atoms with Crippen molar-refractivity contribution in [3.8, 4) is 11.5 Å². The Morgan fingerprint density at radius 2 is 2.09 bits per heavy atom. The number of hydrogen-bond donors (Lipinski definition) is 1. The lowest BCUT2D eigenvalue weighted by Crippen LogP contribution is -2.48. The third-order valence-corrected chi connectivity index (χ3v) is 4.59. The lowest BCUT2D eigenvalue weighted by molar-refractivity contribution is 0.122. The van der Waals surface area contributed by atoms with Crippen molar-refractivity contribution in [2.45, 2.75) is 44.8 Å². The molecule has 1 aromatic carbocycles. The Labute approximate surface area is 143 Å². The Morgan fingerprint density at radius 1 is 1.32 bits per heavy atom. The van der Waals surface area contributed by atoms with Gasteiger partial charge in [0.1, 0.15) is 13.2 Å². The van der Waals surface area contributed by atoms with Crippen molar-refractivity contribution in [3.05, 3.63) is 22.7 Å². The van der Waals surface area contributed by atoms with E-state index in [1.165, 1.54) is 19.3 Å². The summed E-state index contributed by atoms with van der Waals surface area (Å²) in [6, 6.07) is 4.68. The molecule has 0 bridgehead atoms. The molecule has 4 nitrogen and oxygen atoms in total. The highest BCUT2D eigenvalue weighted by molar-refractivity contribution is 6.32. The number of hydrogen-bond acceptors (Lipinski definition) is 4. The molecule has 2 N–H and O–H groups in total. The second-order valence-electron chi connectivity index (χ2n) is 5.99. The van der Waals surface area contributed by atoms with Gasteiger partial charge in [0.25, 0.3) is 0 Å². The van der Waals surface area contributed by atoms with Crippen LogP contribution in [0.25, 0.3) is 0 Å². The van der Waals surface area contributed by atoms with Crippen LogP contribution in [0.15, 0.2) is 12.1 Å². The summed E-state index contributed by atoms with van der Waals surface area (Å²) in [5.74, 6) is 1.44. The lowest BCUT2D eigenvalue weighted by atomic mass is 9.96. The molecule has 0 aliphatic carbocycles. The first-order valence-electron chi connectivity index (χ1n) is 7.73. The van der Waals surface area contributed by atoms with E-state index in [9.17, 15) is 0 Å². The van der Waals surface area contributed by atoms with Crippen LogP contribution in [-0.2, 0) is 6.54 Å². The number of fused-ring (bicyclic) bond motifs is 1. The molecule has 3 rings (SSSR count). The molecule has 22 heavy (non-hydrogen) atoms. The molecule has 2 unspecified atom stereocenters. The van der Waals surface area contributed by atoms with E-state index in [2.05, 4.69) is 11.8 Å². The molecule has 1 fully saturated rings. The zero-order valence-corrected chi connectivity index (χ0v) is 14.5. The normalized spacial score (nSPS) is 22.8. The van der Waals surface area contributed by atoms with Gasteiger partial charge in [0, 0.05) is 18.6 Å². The SMILES string of the molecule is CC(N)C1CCCCN1Cc1cc(Cl)c2c(c1)OCCO2.Cl. The van der Waals surface area contributed by atoms with E-state index >= 15 is 0 Å². The molecule has 2 atom stereocenters. The van der Waals surface area contributed by atoms with Gasteiger partial charge >= 0.3 is 0 Å². The van der Waals surface area contributed by atoms with Gasteiger partial charge < -0.3 is 15.2 Å². The van der Waals surface area contributed by atoms with Gasteiger partial charge in [-0.25, -0.2) is 0 Å². The highest BCUT2D eigenvalue weighted by Crippen LogP contribution is 2.39. The fraction of sp³-hybridized carbons (Fsp3) is 0.625. The van der Waals surface area contributed by atoms with Gasteiger partial charge in [-0.05, 0) is 44.0 Å². The summed E-state index contributed by atoms with van der Waals surface area (Å²) in [5, 5.41) is 0.636. The van der Waals surface area contributed by atoms with Gasteiger partial charge in [0.05, 0.1) is 5.02 Å². The monoisotopic (exact) mass is 346 g/mol. The van der Waals surface area contributed by atoms with Gasteiger partial charge in [-0.2, -0.15) is 0 Å². The summed E-state index contributed by atoms with van der Waals surface area (Å²) >= 11 is 6.32. The summed E-state index contributed by atoms with van der Waals surface area (Å²) in [7, 11) is 0. The zero-order valence-electron chi connectivity index (χ0n) is 12.9. The number of benzene rings is 1. The van der Waals surface area contributed by atoms with Crippen LogP contribution in [0.4, 0.5) is 0 Å². The Bertz CT molecular complexity index is 511. The van der Waals surface area contributed by atoms with Gasteiger partial charge in [-0.15, -0.1) is 12.4 Å². The van der Waals surface area contributed by atoms with Gasteiger partial charge in [-0.1, -0.05) is 18.0 Å². The first-order chi connectivity index (χ1) is 10.1. The van der Waals surface area contributed by atoms with Crippen LogP contribution in [0.1, 0.15) is 31.7 Å². The second kappa shape index (κ2) is 7.73. The van der Waals surface area contributed by atoms with Gasteiger partial charge in [-0.3, -0.25) is 4.90 Å². The molecule has 1 aromatic rings. The largest absolute Gasteiger partial charge is 0.486 e. The van der Waals surface area contributed by atoms with E-state index in [1.54, 1.807) is 0 Å². The van der Waals surface area contributed by atoms with E-state index in [0.29, 0.717) is 30.0 Å². The molecule has 1 saturated heterocycles. The van der Waals surface area contributed by atoms with Crippen molar-refractivity contribution >= 4 is 24.0 Å². The third kappa shape index (κ3) is 3.80. The van der Waals surface area contributed by atoms with Crippen LogP contribution >= 0.6 is 24.0 Å². The average Bonchev–Trinajstić information content (AvgIpc) is 2.47. The predicted octanol–water partition coefficient (Wildman–Crippen LogP) is 3.23. The highest BCUT2D eigenvalue weighted by atomic mass is 35.5. The molecule has 124 valence electrons. The fourth-order valence-electron chi connectivity index (χ4n) is 3.30. The first-order valence-corrected chi connectivity index (χ1v) is 8.10. The minimum Gasteiger partial charge on any atom is -0.486 e. The predicted molar refractivity (Wildman–Crippen MR) is 91.4 cm³/mol. The van der Waals surface area contributed by atoms with Gasteiger partial charge in [0.15, 0.2) is 11.5 Å². The maximum absolute atomic E-state index is 6.32. The molecule has 0 spiro atoms. The average molecular weight is 347 g/mol. The number of ether oxygens (including phenoxy) is 2. The minimum absolute atomic E-state index is 0. The summed E-state index contributed by atoms with van der Waals surface area (Å²) in [4.78, 5) is 2.47. The second-order valence-corrected chi connectivity index (χ2v) is 6.40. The van der Waals surface area contributed by atoms with Crippen LogP contribution < -0.4 is 15.2 Å². The Hall–Kier alpha value is -0.680. The summed E-state index contributed by atoms with van der Waals surface area (Å²) in [6.07, 6.45) is 3.68. The third-order valence-electron chi connectivity index (χ3n) is 4.31. The van der Waals surface area contributed by atoms with E-state index < -0.39 is 0 Å². The number of piperidine rings is 1. The number of nitrogens with zero attached hydrogens (tertiary/aromatic N) is 1. The lowest BCUT2D eigenvalue weighted by Gasteiger charge is -2.38. The van der Waals surface area contributed by atoms with E-state index in [4.69, 9.17) is 26.8 Å². The molecule has 6 heteroatoms. The summed E-state index contributed by atoms with van der Waals surface area (Å²) < 4.78 is 11.2. The smallest absolute Gasteiger partial charge is 0.179 e. The molecule has 2 aliphatic heterocycles. The highest BCUT2D eigenvalue weighted by Gasteiger charge is 2.26. The molecule has 0 saturated carbocycles. The number of likely N-dealkylation sites (tertiary alicyclic amines) is 1. The molecule has 0 amide bonds. The number of halogens is 2. The van der Waals surface area contributed by atoms with Crippen LogP contribution in [0.3, 0.4) is 0 Å². The van der Waals surface area contributed by atoms with Crippen LogP contribution in [0, 0.1) is 0 Å². The van der Waals surface area contributed by atoms with Crippen molar-refractivity contribution in [2.24, 2.45) is 5.73 Å². The van der Waals surface area contributed by atoms with Crippen molar-refractivity contribution in [1.29, 1.82) is 0 Å². The van der Waals surface area contributed by atoms with Crippen LogP contribution in [0.5, 0.6) is 11.5 Å². The Balaban J connectivity index is 0.00000176. The first kappa shape index (κ1) is 17.7. The molecule has 2 aliphatic rings. The van der Waals surface area contributed by atoms with Crippen LogP contribution in [0.2, 0.25) is 5.02 Å². The molecule has 0 aromatic heterocycles. The Kier molecular flexibility index (Phi) is 6.21. The van der Waals surface area contributed by atoms with Gasteiger partial charge in [0.2, 0.25) is 0 Å². The molecule has 0 radical (unpaired) electrons. The number of rotatable bonds is 3. The Morgan fingerprint density at radius 3 is 2.86 bits per heavy atom. The quantitative estimate of drug-likeness (QED) is 0.912. The molecular formula is C16H24Cl2N2O2. The standard InChI is InChI=1S/C16H23ClN2O2.ClH/c1-11(18)14-4-2-3-5-19(14)10-12-8-13(17)16-15(9-12)20-6-7-21-16;/h8-9,11,14H,2-7,10,18H2,1H3;1H. The van der Waals surface area contributed by atoms with Crippen LogP contribution in [-0.4, -0.2) is 36.7 Å². The maximum Gasteiger partial charge on any atom is 0.179 e. The van der Waals surface area contributed by atoms with E-state index in [-0.39, 0.29) is 18.4 Å². The minimum atomic E-state index is 0. The molecule has 2 heterocycles. The van der Waals surface area contributed by atoms with E-state index in [1.807, 2.05) is 12.1 Å².